The molecule has 0 aliphatic carbocycles. The number of aryl methyl sites for hydroxylation is 2. The summed E-state index contributed by atoms with van der Waals surface area (Å²) in [6.45, 7) is 9.43. The molecule has 1 aliphatic heterocycles. The van der Waals surface area contributed by atoms with Gasteiger partial charge in [0.05, 0.1) is 6.04 Å². The van der Waals surface area contributed by atoms with Crippen LogP contribution in [-0.2, 0) is 4.79 Å². The third-order valence-corrected chi connectivity index (χ3v) is 5.64. The summed E-state index contributed by atoms with van der Waals surface area (Å²) in [5, 5.41) is 9.84. The lowest BCUT2D eigenvalue weighted by Gasteiger charge is -2.40. The van der Waals surface area contributed by atoms with Crippen molar-refractivity contribution in [2.75, 3.05) is 6.54 Å². The van der Waals surface area contributed by atoms with E-state index in [1.165, 1.54) is 27.8 Å². The maximum Gasteiger partial charge on any atom is 0.320 e. The van der Waals surface area contributed by atoms with Crippen LogP contribution in [0.2, 0.25) is 0 Å². The minimum absolute atomic E-state index is 0.0220. The van der Waals surface area contributed by atoms with Crippen LogP contribution in [0.15, 0.2) is 42.5 Å². The third-order valence-electron chi connectivity index (χ3n) is 5.64. The highest BCUT2D eigenvalue weighted by atomic mass is 16.4. The summed E-state index contributed by atoms with van der Waals surface area (Å²) < 4.78 is 0. The van der Waals surface area contributed by atoms with Gasteiger partial charge in [-0.2, -0.15) is 0 Å². The lowest BCUT2D eigenvalue weighted by atomic mass is 9.89. The monoisotopic (exact) mass is 365 g/mol. The largest absolute Gasteiger partial charge is 0.480 e. The molecule has 0 amide bonds. The van der Waals surface area contributed by atoms with Crippen LogP contribution in [0.5, 0.6) is 0 Å². The molecule has 0 saturated carbocycles. The zero-order chi connectivity index (χ0) is 19.6. The first-order chi connectivity index (χ1) is 12.9. The molecule has 2 unspecified atom stereocenters. The summed E-state index contributed by atoms with van der Waals surface area (Å²) in [5.74, 6) is -0.219. The van der Waals surface area contributed by atoms with Crippen molar-refractivity contribution < 1.29 is 9.90 Å². The number of carboxylic acids is 1. The summed E-state index contributed by atoms with van der Waals surface area (Å²) in [6, 6.07) is 14.9. The smallest absolute Gasteiger partial charge is 0.320 e. The fraction of sp³-hybridized carbons (Fsp3) is 0.458. The number of aliphatic carboxylic acids is 1. The van der Waals surface area contributed by atoms with Crippen LogP contribution in [0.4, 0.5) is 0 Å². The van der Waals surface area contributed by atoms with Crippen molar-refractivity contribution in [1.82, 2.24) is 4.90 Å². The molecule has 0 spiro atoms. The van der Waals surface area contributed by atoms with E-state index in [0.29, 0.717) is 5.92 Å². The molecule has 3 rings (SSSR count). The van der Waals surface area contributed by atoms with E-state index in [0.717, 1.165) is 25.8 Å². The minimum atomic E-state index is -0.706. The van der Waals surface area contributed by atoms with E-state index in [-0.39, 0.29) is 6.04 Å². The number of carbonyl (C=O) groups is 1. The number of piperidine rings is 1. The Hall–Kier alpha value is -2.13. The van der Waals surface area contributed by atoms with Gasteiger partial charge in [0.1, 0.15) is 6.04 Å². The van der Waals surface area contributed by atoms with Crippen LogP contribution < -0.4 is 0 Å². The maximum absolute atomic E-state index is 12.0. The number of rotatable bonds is 5. The number of hydrogen-bond acceptors (Lipinski definition) is 2. The Labute approximate surface area is 163 Å². The van der Waals surface area contributed by atoms with Gasteiger partial charge in [0.25, 0.3) is 0 Å². The first kappa shape index (κ1) is 19.6. The van der Waals surface area contributed by atoms with Gasteiger partial charge in [-0.25, -0.2) is 0 Å². The molecule has 3 heteroatoms. The van der Waals surface area contributed by atoms with Crippen LogP contribution in [0.1, 0.15) is 72.9 Å². The van der Waals surface area contributed by atoms with Gasteiger partial charge in [0.2, 0.25) is 0 Å². The van der Waals surface area contributed by atoms with Crippen molar-refractivity contribution in [2.24, 2.45) is 0 Å². The summed E-state index contributed by atoms with van der Waals surface area (Å²) in [6.07, 6.45) is 2.76. The predicted molar refractivity (Wildman–Crippen MR) is 110 cm³/mol. The molecule has 1 aliphatic rings. The molecule has 1 N–H and O–H groups in total. The van der Waals surface area contributed by atoms with Gasteiger partial charge in [0, 0.05) is 0 Å². The highest BCUT2D eigenvalue weighted by Crippen LogP contribution is 2.35. The topological polar surface area (TPSA) is 40.5 Å². The van der Waals surface area contributed by atoms with Crippen molar-refractivity contribution >= 4 is 5.97 Å². The fourth-order valence-corrected chi connectivity index (χ4v) is 4.33. The van der Waals surface area contributed by atoms with Gasteiger partial charge in [-0.3, -0.25) is 9.69 Å². The van der Waals surface area contributed by atoms with Gasteiger partial charge in [-0.1, -0.05) is 73.9 Å². The highest BCUT2D eigenvalue weighted by Gasteiger charge is 2.35. The average molecular weight is 366 g/mol. The molecule has 2 atom stereocenters. The van der Waals surface area contributed by atoms with Crippen molar-refractivity contribution in [3.63, 3.8) is 0 Å². The molecule has 1 heterocycles. The van der Waals surface area contributed by atoms with Crippen LogP contribution in [0.3, 0.4) is 0 Å². The van der Waals surface area contributed by atoms with Gasteiger partial charge in [-0.05, 0) is 55.8 Å². The van der Waals surface area contributed by atoms with Crippen molar-refractivity contribution in [3.8, 4) is 0 Å². The number of benzene rings is 2. The first-order valence-electron chi connectivity index (χ1n) is 10.0. The molecular formula is C24H31NO2. The Bertz CT molecular complexity index is 774. The van der Waals surface area contributed by atoms with Crippen molar-refractivity contribution in [3.05, 3.63) is 70.3 Å². The first-order valence-corrected chi connectivity index (χ1v) is 10.0. The Morgan fingerprint density at radius 2 is 1.56 bits per heavy atom. The zero-order valence-electron chi connectivity index (χ0n) is 16.9. The van der Waals surface area contributed by atoms with Gasteiger partial charge < -0.3 is 5.11 Å². The molecular weight excluding hydrogens is 334 g/mol. The van der Waals surface area contributed by atoms with E-state index < -0.39 is 12.0 Å². The lowest BCUT2D eigenvalue weighted by molar-refractivity contribution is -0.145. The Kier molecular flexibility index (Phi) is 6.01. The zero-order valence-corrected chi connectivity index (χ0v) is 16.9. The SMILES string of the molecule is Cc1cc(C)cc(C(c2ccc(C(C)C)cc2)N2CCCCC2C(=O)O)c1. The second-order valence-corrected chi connectivity index (χ2v) is 8.23. The molecule has 0 aromatic heterocycles. The molecule has 2 aromatic carbocycles. The number of hydrogen-bond donors (Lipinski definition) is 1. The molecule has 3 nitrogen and oxygen atoms in total. The molecule has 27 heavy (non-hydrogen) atoms. The Morgan fingerprint density at radius 1 is 0.963 bits per heavy atom. The van der Waals surface area contributed by atoms with E-state index in [4.69, 9.17) is 0 Å². The fourth-order valence-electron chi connectivity index (χ4n) is 4.33. The van der Waals surface area contributed by atoms with E-state index in [9.17, 15) is 9.90 Å². The summed E-state index contributed by atoms with van der Waals surface area (Å²) in [5.41, 5.74) is 6.12. The average Bonchev–Trinajstić information content (AvgIpc) is 2.62. The van der Waals surface area contributed by atoms with Crippen LogP contribution >= 0.6 is 0 Å². The molecule has 2 aromatic rings. The van der Waals surface area contributed by atoms with Crippen molar-refractivity contribution in [1.29, 1.82) is 0 Å². The Morgan fingerprint density at radius 3 is 2.11 bits per heavy atom. The summed E-state index contributed by atoms with van der Waals surface area (Å²) in [7, 11) is 0. The minimum Gasteiger partial charge on any atom is -0.480 e. The third kappa shape index (κ3) is 4.41. The Balaban J connectivity index is 2.09. The predicted octanol–water partition coefficient (Wildman–Crippen LogP) is 5.46. The second kappa shape index (κ2) is 8.26. The van der Waals surface area contributed by atoms with E-state index in [1.54, 1.807) is 0 Å². The van der Waals surface area contributed by atoms with E-state index in [1.807, 2.05) is 0 Å². The molecule has 0 bridgehead atoms. The number of nitrogens with zero attached hydrogens (tertiary/aromatic N) is 1. The number of carboxylic acid groups (broad SMARTS) is 1. The van der Waals surface area contributed by atoms with Gasteiger partial charge in [-0.15, -0.1) is 0 Å². The quantitative estimate of drug-likeness (QED) is 0.765. The summed E-state index contributed by atoms with van der Waals surface area (Å²) >= 11 is 0. The van der Waals surface area contributed by atoms with Gasteiger partial charge >= 0.3 is 5.97 Å². The van der Waals surface area contributed by atoms with Crippen LogP contribution in [0, 0.1) is 13.8 Å². The van der Waals surface area contributed by atoms with Gasteiger partial charge in [0.15, 0.2) is 0 Å². The second-order valence-electron chi connectivity index (χ2n) is 8.23. The summed E-state index contributed by atoms with van der Waals surface area (Å²) in [4.78, 5) is 14.2. The molecule has 144 valence electrons. The van der Waals surface area contributed by atoms with Crippen LogP contribution in [0.25, 0.3) is 0 Å². The highest BCUT2D eigenvalue weighted by molar-refractivity contribution is 5.73. The lowest BCUT2D eigenvalue weighted by Crippen LogP contribution is -2.46. The van der Waals surface area contributed by atoms with Crippen LogP contribution in [-0.4, -0.2) is 28.6 Å². The molecule has 0 radical (unpaired) electrons. The normalized spacial score (nSPS) is 19.2. The number of likely N-dealkylation sites (tertiary alicyclic amines) is 1. The molecule has 1 fully saturated rings. The van der Waals surface area contributed by atoms with Crippen molar-refractivity contribution in [2.45, 2.75) is 65.0 Å². The maximum atomic E-state index is 12.0. The standard InChI is InChI=1S/C24H31NO2/c1-16(2)19-8-10-20(11-9-19)23(21-14-17(3)13-18(4)15-21)25-12-6-5-7-22(25)24(26)27/h8-11,13-16,22-23H,5-7,12H2,1-4H3,(H,26,27). The molecule has 1 saturated heterocycles. The van der Waals surface area contributed by atoms with E-state index >= 15 is 0 Å². The van der Waals surface area contributed by atoms with E-state index in [2.05, 4.69) is 75.1 Å².